The van der Waals surface area contributed by atoms with E-state index in [9.17, 15) is 9.90 Å². The fourth-order valence-electron chi connectivity index (χ4n) is 2.76. The molecule has 0 aliphatic carbocycles. The highest BCUT2D eigenvalue weighted by Gasteiger charge is 2.28. The number of hydrazone groups is 1. The van der Waals surface area contributed by atoms with Crippen LogP contribution in [0.3, 0.4) is 0 Å². The van der Waals surface area contributed by atoms with E-state index in [1.54, 1.807) is 27.3 Å². The number of benzene rings is 1. The minimum atomic E-state index is -0.473. The lowest BCUT2D eigenvalue weighted by molar-refractivity contribution is 0.392. The third-order valence-electron chi connectivity index (χ3n) is 4.15. The maximum absolute atomic E-state index is 12.2. The zero-order valence-corrected chi connectivity index (χ0v) is 14.8. The van der Waals surface area contributed by atoms with E-state index in [2.05, 4.69) is 15.5 Å². The van der Waals surface area contributed by atoms with E-state index < -0.39 is 5.56 Å². The number of aromatic nitrogens is 2. The minimum absolute atomic E-state index is 0.105. The Hall–Kier alpha value is -2.81. The molecule has 1 unspecified atom stereocenters. The topological polar surface area (TPSA) is 101 Å². The predicted octanol–water partition coefficient (Wildman–Crippen LogP) is 1.60. The zero-order chi connectivity index (χ0) is 18.1. The Morgan fingerprint density at radius 2 is 2.12 bits per heavy atom. The molecule has 0 saturated carbocycles. The molecule has 1 aromatic heterocycles. The van der Waals surface area contributed by atoms with Crippen molar-refractivity contribution in [1.29, 1.82) is 0 Å². The molecule has 1 atom stereocenters. The van der Waals surface area contributed by atoms with Gasteiger partial charge in [0.25, 0.3) is 5.56 Å². The summed E-state index contributed by atoms with van der Waals surface area (Å²) in [6.45, 7) is 0. The third-order valence-corrected chi connectivity index (χ3v) is 4.52. The summed E-state index contributed by atoms with van der Waals surface area (Å²) in [4.78, 5) is 14.7. The summed E-state index contributed by atoms with van der Waals surface area (Å²) in [5.74, 6) is 1.15. The van der Waals surface area contributed by atoms with Gasteiger partial charge < -0.3 is 20.0 Å². The van der Waals surface area contributed by atoms with E-state index in [1.807, 2.05) is 12.1 Å². The molecule has 0 spiro atoms. The number of H-pyrrole nitrogens is 1. The average molecular weight is 362 g/mol. The lowest BCUT2D eigenvalue weighted by atomic mass is 9.99. The second-order valence-corrected chi connectivity index (χ2v) is 5.96. The summed E-state index contributed by atoms with van der Waals surface area (Å²) >= 11 is 4.98. The van der Waals surface area contributed by atoms with Crippen LogP contribution < -0.4 is 20.5 Å². The molecule has 0 radical (unpaired) electrons. The van der Waals surface area contributed by atoms with Crippen molar-refractivity contribution in [3.63, 3.8) is 0 Å². The smallest absolute Gasteiger partial charge is 0.264 e. The Morgan fingerprint density at radius 1 is 1.36 bits per heavy atom. The quantitative estimate of drug-likeness (QED) is 0.715. The number of ether oxygens (including phenoxy) is 2. The molecule has 1 aliphatic heterocycles. The van der Waals surface area contributed by atoms with E-state index in [1.165, 1.54) is 4.57 Å². The van der Waals surface area contributed by atoms with E-state index in [0.717, 1.165) is 5.56 Å². The van der Waals surface area contributed by atoms with Crippen LogP contribution in [-0.4, -0.2) is 34.6 Å². The molecule has 0 fully saturated rings. The van der Waals surface area contributed by atoms with E-state index in [4.69, 9.17) is 21.7 Å². The molecule has 2 aromatic rings. The molecular formula is C16H18N4O4S. The normalized spacial score (nSPS) is 16.3. The largest absolute Gasteiger partial charge is 0.497 e. The van der Waals surface area contributed by atoms with E-state index >= 15 is 0 Å². The number of aromatic hydroxyl groups is 1. The van der Waals surface area contributed by atoms with Crippen molar-refractivity contribution in [3.8, 4) is 17.4 Å². The molecular weight excluding hydrogens is 344 g/mol. The fourth-order valence-corrected chi connectivity index (χ4v) is 2.94. The first-order valence-corrected chi connectivity index (χ1v) is 7.93. The van der Waals surface area contributed by atoms with Crippen molar-refractivity contribution in [2.75, 3.05) is 14.2 Å². The molecule has 132 valence electrons. The Morgan fingerprint density at radius 3 is 2.80 bits per heavy atom. The van der Waals surface area contributed by atoms with Crippen molar-refractivity contribution in [2.24, 2.45) is 12.1 Å². The van der Waals surface area contributed by atoms with Gasteiger partial charge in [0.2, 0.25) is 5.88 Å². The molecule has 3 N–H and O–H groups in total. The van der Waals surface area contributed by atoms with Crippen molar-refractivity contribution < 1.29 is 14.6 Å². The van der Waals surface area contributed by atoms with Crippen LogP contribution in [0.4, 0.5) is 0 Å². The summed E-state index contributed by atoms with van der Waals surface area (Å²) < 4.78 is 12.1. The summed E-state index contributed by atoms with van der Waals surface area (Å²) in [6, 6.07) is 5.25. The molecule has 1 aromatic carbocycles. The average Bonchev–Trinajstić information content (AvgIpc) is 3.08. The van der Waals surface area contributed by atoms with Crippen LogP contribution in [0.1, 0.15) is 23.6 Å². The van der Waals surface area contributed by atoms with Gasteiger partial charge >= 0.3 is 0 Å². The predicted molar refractivity (Wildman–Crippen MR) is 95.1 cm³/mol. The molecule has 9 heteroatoms. The SMILES string of the molecule is COc1ccc(OC)c(C2CC(c3c(O)n(C)c(=S)[nH]c3=O)=NN2)c1. The highest BCUT2D eigenvalue weighted by molar-refractivity contribution is 7.71. The van der Waals surface area contributed by atoms with Crippen LogP contribution in [0.15, 0.2) is 28.1 Å². The number of nitrogens with zero attached hydrogens (tertiary/aromatic N) is 2. The van der Waals surface area contributed by atoms with Crippen LogP contribution in [0.5, 0.6) is 17.4 Å². The first-order valence-electron chi connectivity index (χ1n) is 7.53. The van der Waals surface area contributed by atoms with Gasteiger partial charge in [-0.15, -0.1) is 0 Å². The van der Waals surface area contributed by atoms with Crippen molar-refractivity contribution in [3.05, 3.63) is 44.5 Å². The summed E-state index contributed by atoms with van der Waals surface area (Å²) in [6.07, 6.45) is 0.400. The van der Waals surface area contributed by atoms with Gasteiger partial charge in [0.1, 0.15) is 17.1 Å². The minimum Gasteiger partial charge on any atom is -0.497 e. The molecule has 0 bridgehead atoms. The van der Waals surface area contributed by atoms with Gasteiger partial charge in [-0.3, -0.25) is 14.3 Å². The third kappa shape index (κ3) is 2.98. The maximum atomic E-state index is 12.2. The van der Waals surface area contributed by atoms with Crippen molar-refractivity contribution in [2.45, 2.75) is 12.5 Å². The first kappa shape index (κ1) is 17.0. The second kappa shape index (κ2) is 6.60. The number of hydrogen-bond donors (Lipinski definition) is 3. The Labute approximate surface area is 148 Å². The Balaban J connectivity index is 1.97. The fraction of sp³-hybridized carbons (Fsp3) is 0.312. The van der Waals surface area contributed by atoms with Gasteiger partial charge in [0.05, 0.1) is 26.0 Å². The highest BCUT2D eigenvalue weighted by Crippen LogP contribution is 2.34. The summed E-state index contributed by atoms with van der Waals surface area (Å²) in [5.41, 5.74) is 3.91. The van der Waals surface area contributed by atoms with E-state index in [0.29, 0.717) is 23.6 Å². The Bertz CT molecular complexity index is 964. The van der Waals surface area contributed by atoms with Gasteiger partial charge in [-0.25, -0.2) is 0 Å². The van der Waals surface area contributed by atoms with Crippen LogP contribution in [-0.2, 0) is 7.05 Å². The number of nitrogens with one attached hydrogen (secondary N) is 2. The van der Waals surface area contributed by atoms with Gasteiger partial charge in [-0.2, -0.15) is 5.10 Å². The number of aromatic amines is 1. The monoisotopic (exact) mass is 362 g/mol. The molecule has 0 saturated heterocycles. The van der Waals surface area contributed by atoms with Crippen LogP contribution in [0, 0.1) is 4.77 Å². The van der Waals surface area contributed by atoms with E-state index in [-0.39, 0.29) is 22.3 Å². The lowest BCUT2D eigenvalue weighted by Crippen LogP contribution is -2.21. The standard InChI is InChI=1S/C16H18N4O4S/c1-20-15(22)13(14(21)17-16(20)25)11-7-10(18-19-11)9-6-8(23-2)4-5-12(9)24-3/h4-6,10,18,22H,7H2,1-3H3,(H,17,21,25). The number of rotatable bonds is 4. The van der Waals surface area contributed by atoms with Crippen LogP contribution in [0.25, 0.3) is 0 Å². The van der Waals surface area contributed by atoms with Crippen LogP contribution >= 0.6 is 12.2 Å². The van der Waals surface area contributed by atoms with Gasteiger partial charge in [0.15, 0.2) is 4.77 Å². The van der Waals surface area contributed by atoms with Crippen molar-refractivity contribution in [1.82, 2.24) is 15.0 Å². The molecule has 2 heterocycles. The van der Waals surface area contributed by atoms with Crippen molar-refractivity contribution >= 4 is 17.9 Å². The van der Waals surface area contributed by atoms with Crippen LogP contribution in [0.2, 0.25) is 0 Å². The first-order chi connectivity index (χ1) is 12.0. The lowest BCUT2D eigenvalue weighted by Gasteiger charge is -2.16. The highest BCUT2D eigenvalue weighted by atomic mass is 32.1. The molecule has 0 amide bonds. The summed E-state index contributed by atoms with van der Waals surface area (Å²) in [5, 5.41) is 14.5. The molecule has 3 rings (SSSR count). The number of hydrogen-bond acceptors (Lipinski definition) is 7. The summed E-state index contributed by atoms with van der Waals surface area (Å²) in [7, 11) is 4.74. The van der Waals surface area contributed by atoms with Gasteiger partial charge in [-0.1, -0.05) is 0 Å². The second-order valence-electron chi connectivity index (χ2n) is 5.57. The maximum Gasteiger partial charge on any atom is 0.264 e. The van der Waals surface area contributed by atoms with Gasteiger partial charge in [-0.05, 0) is 30.4 Å². The van der Waals surface area contributed by atoms with Gasteiger partial charge in [0, 0.05) is 19.0 Å². The molecule has 8 nitrogen and oxygen atoms in total. The Kier molecular flexibility index (Phi) is 4.49. The zero-order valence-electron chi connectivity index (χ0n) is 14.0. The molecule has 1 aliphatic rings. The molecule has 25 heavy (non-hydrogen) atoms. The number of methoxy groups -OCH3 is 2.